The molecule has 0 unspecified atom stereocenters. The number of hydrogen-bond acceptors (Lipinski definition) is 5. The van der Waals surface area contributed by atoms with Crippen molar-refractivity contribution < 1.29 is 23.0 Å². The Morgan fingerprint density at radius 1 is 1.00 bits per heavy atom. The van der Waals surface area contributed by atoms with Crippen molar-refractivity contribution in [2.45, 2.75) is 34.1 Å². The second-order valence-corrected chi connectivity index (χ2v) is 8.29. The van der Waals surface area contributed by atoms with Crippen molar-refractivity contribution in [1.29, 1.82) is 0 Å². The van der Waals surface area contributed by atoms with Gasteiger partial charge in [-0.25, -0.2) is 0 Å². The van der Waals surface area contributed by atoms with Crippen LogP contribution in [-0.4, -0.2) is 30.1 Å². The van der Waals surface area contributed by atoms with Crippen LogP contribution in [0.3, 0.4) is 0 Å². The van der Waals surface area contributed by atoms with Gasteiger partial charge in [-0.2, -0.15) is 8.78 Å². The molecule has 2 aromatic rings. The first-order chi connectivity index (χ1) is 13.0. The molecule has 1 aliphatic heterocycles. The van der Waals surface area contributed by atoms with Gasteiger partial charge in [-0.3, -0.25) is 4.79 Å². The van der Waals surface area contributed by atoms with E-state index < -0.39 is 5.76 Å². The van der Waals surface area contributed by atoms with Crippen LogP contribution in [-0.2, 0) is 4.79 Å². The summed E-state index contributed by atoms with van der Waals surface area (Å²) in [6, 6.07) is 12.0. The van der Waals surface area contributed by atoms with Crippen LogP contribution in [0.15, 0.2) is 52.3 Å². The van der Waals surface area contributed by atoms with E-state index in [-0.39, 0.29) is 11.2 Å². The van der Waals surface area contributed by atoms with Crippen molar-refractivity contribution in [1.82, 2.24) is 0 Å². The highest BCUT2D eigenvalue weighted by molar-refractivity contribution is 8.00. The Hall–Kier alpha value is -1.93. The van der Waals surface area contributed by atoms with Gasteiger partial charge in [0.05, 0.1) is 18.5 Å². The average Bonchev–Trinajstić information content (AvgIpc) is 2.87. The lowest BCUT2D eigenvalue weighted by Gasteiger charge is -2.14. The molecule has 3 rings (SSSR count). The van der Waals surface area contributed by atoms with Crippen molar-refractivity contribution in [3.05, 3.63) is 42.5 Å². The maximum Gasteiger partial charge on any atom is 0.288 e. The minimum atomic E-state index is -2.46. The molecule has 0 aliphatic carbocycles. The first-order valence-electron chi connectivity index (χ1n) is 8.43. The minimum Gasteiger partial charge on any atom is -0.490 e. The smallest absolute Gasteiger partial charge is 0.288 e. The average molecular weight is 411 g/mol. The van der Waals surface area contributed by atoms with Gasteiger partial charge < -0.3 is 14.8 Å². The van der Waals surface area contributed by atoms with E-state index >= 15 is 0 Å². The van der Waals surface area contributed by atoms with Gasteiger partial charge in [-0.15, -0.1) is 11.8 Å². The predicted octanol–water partition coefficient (Wildman–Crippen LogP) is 5.28. The summed E-state index contributed by atoms with van der Waals surface area (Å²) in [6.45, 7) is 3.05. The highest BCUT2D eigenvalue weighted by Gasteiger charge is 2.17. The SMILES string of the molecule is C[C@@H](Sc1ccc2c(c1)OCCCO2)C(=O)Nc1ccc(SC(F)F)cc1. The van der Waals surface area contributed by atoms with E-state index in [0.717, 1.165) is 17.1 Å². The number of amides is 1. The monoisotopic (exact) mass is 411 g/mol. The molecule has 1 aliphatic rings. The number of nitrogens with one attached hydrogen (secondary N) is 1. The van der Waals surface area contributed by atoms with E-state index in [1.807, 2.05) is 25.1 Å². The molecule has 0 saturated carbocycles. The molecule has 4 nitrogen and oxygen atoms in total. The van der Waals surface area contributed by atoms with E-state index in [0.29, 0.717) is 41.3 Å². The van der Waals surface area contributed by atoms with Crippen molar-refractivity contribution in [2.75, 3.05) is 18.5 Å². The molecular weight excluding hydrogens is 392 g/mol. The van der Waals surface area contributed by atoms with Gasteiger partial charge in [-0.1, -0.05) is 11.8 Å². The van der Waals surface area contributed by atoms with Crippen LogP contribution >= 0.6 is 23.5 Å². The van der Waals surface area contributed by atoms with Crippen LogP contribution in [0, 0.1) is 0 Å². The van der Waals surface area contributed by atoms with E-state index in [4.69, 9.17) is 9.47 Å². The van der Waals surface area contributed by atoms with Crippen LogP contribution < -0.4 is 14.8 Å². The molecule has 1 N–H and O–H groups in total. The summed E-state index contributed by atoms with van der Waals surface area (Å²) < 4.78 is 36.0. The van der Waals surface area contributed by atoms with Crippen LogP contribution in [0.5, 0.6) is 11.5 Å². The summed E-state index contributed by atoms with van der Waals surface area (Å²) in [6.07, 6.45) is 0.838. The number of benzene rings is 2. The van der Waals surface area contributed by atoms with E-state index in [2.05, 4.69) is 5.32 Å². The lowest BCUT2D eigenvalue weighted by atomic mass is 10.3. The number of carbonyl (C=O) groups is 1. The zero-order chi connectivity index (χ0) is 19.2. The van der Waals surface area contributed by atoms with Gasteiger partial charge in [0.2, 0.25) is 5.91 Å². The van der Waals surface area contributed by atoms with Crippen molar-refractivity contribution >= 4 is 35.1 Å². The normalized spacial score (nSPS) is 14.5. The summed E-state index contributed by atoms with van der Waals surface area (Å²) in [5.41, 5.74) is 0.574. The molecule has 1 atom stereocenters. The lowest BCUT2D eigenvalue weighted by molar-refractivity contribution is -0.115. The largest absolute Gasteiger partial charge is 0.490 e. The Balaban J connectivity index is 1.58. The van der Waals surface area contributed by atoms with Crippen LogP contribution in [0.2, 0.25) is 0 Å². The Labute approximate surface area is 165 Å². The molecule has 1 heterocycles. The van der Waals surface area contributed by atoms with Crippen molar-refractivity contribution in [3.8, 4) is 11.5 Å². The maximum absolute atomic E-state index is 12.4. The van der Waals surface area contributed by atoms with E-state index in [1.165, 1.54) is 11.8 Å². The third kappa shape index (κ3) is 5.77. The first-order valence-corrected chi connectivity index (χ1v) is 10.2. The highest BCUT2D eigenvalue weighted by Crippen LogP contribution is 2.35. The zero-order valence-electron chi connectivity index (χ0n) is 14.6. The Kier molecular flexibility index (Phi) is 6.84. The van der Waals surface area contributed by atoms with Crippen molar-refractivity contribution in [3.63, 3.8) is 0 Å². The fraction of sp³-hybridized carbons (Fsp3) is 0.316. The molecule has 27 heavy (non-hydrogen) atoms. The van der Waals surface area contributed by atoms with Gasteiger partial charge in [0.25, 0.3) is 5.76 Å². The predicted molar refractivity (Wildman–Crippen MR) is 104 cm³/mol. The standard InChI is InChI=1S/C19H19F2NO3S2/c1-12(18(23)22-13-3-5-14(6-4-13)27-19(20)21)26-15-7-8-16-17(11-15)25-10-2-9-24-16/h3-8,11-12,19H,2,9-10H2,1H3,(H,22,23)/t12-/m1/s1. The molecule has 8 heteroatoms. The zero-order valence-corrected chi connectivity index (χ0v) is 16.2. The summed E-state index contributed by atoms with van der Waals surface area (Å²) in [4.78, 5) is 13.8. The Morgan fingerprint density at radius 3 is 2.37 bits per heavy atom. The van der Waals surface area contributed by atoms with E-state index in [1.54, 1.807) is 24.3 Å². The molecule has 1 amide bonds. The van der Waals surface area contributed by atoms with Gasteiger partial charge >= 0.3 is 0 Å². The van der Waals surface area contributed by atoms with E-state index in [9.17, 15) is 13.6 Å². The summed E-state index contributed by atoms with van der Waals surface area (Å²) in [5, 5.41) is 2.46. The quantitative estimate of drug-likeness (QED) is 0.655. The summed E-state index contributed by atoms with van der Waals surface area (Å²) in [7, 11) is 0. The maximum atomic E-state index is 12.4. The van der Waals surface area contributed by atoms with Crippen LogP contribution in [0.25, 0.3) is 0 Å². The number of carbonyl (C=O) groups excluding carboxylic acids is 1. The number of halogens is 2. The fourth-order valence-corrected chi connectivity index (χ4v) is 3.83. The molecule has 0 fully saturated rings. The number of rotatable bonds is 6. The van der Waals surface area contributed by atoms with Gasteiger partial charge in [0.1, 0.15) is 0 Å². The molecule has 0 spiro atoms. The number of thioether (sulfide) groups is 2. The number of alkyl halides is 2. The van der Waals surface area contributed by atoms with Gasteiger partial charge in [-0.05, 0) is 49.4 Å². The molecule has 0 saturated heterocycles. The Bertz CT molecular complexity index is 787. The molecule has 2 aromatic carbocycles. The molecule has 0 bridgehead atoms. The second kappa shape index (κ2) is 9.32. The number of fused-ring (bicyclic) bond motifs is 1. The van der Waals surface area contributed by atoms with Crippen molar-refractivity contribution in [2.24, 2.45) is 0 Å². The molecule has 144 valence electrons. The number of ether oxygens (including phenoxy) is 2. The summed E-state index contributed by atoms with van der Waals surface area (Å²) >= 11 is 1.89. The van der Waals surface area contributed by atoms with Crippen LogP contribution in [0.4, 0.5) is 14.5 Å². The van der Waals surface area contributed by atoms with Gasteiger partial charge in [0, 0.05) is 21.9 Å². The number of hydrogen-bond donors (Lipinski definition) is 1. The Morgan fingerprint density at radius 2 is 1.67 bits per heavy atom. The highest BCUT2D eigenvalue weighted by atomic mass is 32.2. The van der Waals surface area contributed by atoms with Gasteiger partial charge in [0.15, 0.2) is 11.5 Å². The molecule has 0 aromatic heterocycles. The van der Waals surface area contributed by atoms with Crippen LogP contribution in [0.1, 0.15) is 13.3 Å². The minimum absolute atomic E-state index is 0.165. The lowest BCUT2D eigenvalue weighted by Crippen LogP contribution is -2.22. The fourth-order valence-electron chi connectivity index (χ4n) is 2.44. The first kappa shape index (κ1) is 19.8. The molecule has 0 radical (unpaired) electrons. The second-order valence-electron chi connectivity index (χ2n) is 5.81. The number of anilines is 1. The topological polar surface area (TPSA) is 47.6 Å². The summed E-state index contributed by atoms with van der Waals surface area (Å²) in [5.74, 6) is -1.22. The molecular formula is C19H19F2NO3S2. The third-order valence-corrected chi connectivity index (χ3v) is 5.56. The third-order valence-electron chi connectivity index (χ3n) is 3.75.